The normalized spacial score (nSPS) is 15.4. The van der Waals surface area contributed by atoms with Crippen molar-refractivity contribution < 1.29 is 4.74 Å². The molecule has 13 heavy (non-hydrogen) atoms. The van der Waals surface area contributed by atoms with Gasteiger partial charge in [0, 0.05) is 18.2 Å². The Balaban J connectivity index is 2.86. The first-order valence-corrected chi connectivity index (χ1v) is 4.56. The molecule has 72 valence electrons. The molecule has 0 amide bonds. The van der Waals surface area contributed by atoms with Crippen molar-refractivity contribution in [3.63, 3.8) is 0 Å². The molecule has 0 heterocycles. The van der Waals surface area contributed by atoms with Crippen LogP contribution in [0.2, 0.25) is 5.02 Å². The maximum Gasteiger partial charge on any atom is 0.0969 e. The van der Waals surface area contributed by atoms with E-state index in [4.69, 9.17) is 22.1 Å². The van der Waals surface area contributed by atoms with Crippen LogP contribution in [0.1, 0.15) is 18.6 Å². The first-order chi connectivity index (χ1) is 6.15. The zero-order valence-electron chi connectivity index (χ0n) is 7.83. The van der Waals surface area contributed by atoms with Gasteiger partial charge in [-0.15, -0.1) is 0 Å². The highest BCUT2D eigenvalue weighted by atomic mass is 35.5. The molecule has 0 aromatic heterocycles. The molecule has 0 unspecified atom stereocenters. The fourth-order valence-corrected chi connectivity index (χ4v) is 1.43. The Morgan fingerprint density at radius 1 is 1.31 bits per heavy atom. The number of nitrogens with two attached hydrogens (primary N) is 1. The van der Waals surface area contributed by atoms with Gasteiger partial charge in [0.15, 0.2) is 0 Å². The number of ether oxygens (including phenoxy) is 1. The first-order valence-electron chi connectivity index (χ1n) is 4.19. The molecule has 0 aliphatic carbocycles. The Morgan fingerprint density at radius 3 is 2.23 bits per heavy atom. The summed E-state index contributed by atoms with van der Waals surface area (Å²) in [4.78, 5) is 0. The van der Waals surface area contributed by atoms with Crippen LogP contribution in [-0.4, -0.2) is 13.2 Å². The number of methoxy groups -OCH3 is 1. The summed E-state index contributed by atoms with van der Waals surface area (Å²) in [5, 5.41) is 0.725. The lowest BCUT2D eigenvalue weighted by Gasteiger charge is -2.19. The van der Waals surface area contributed by atoms with E-state index in [1.165, 1.54) is 0 Å². The Hall–Kier alpha value is -0.570. The Kier molecular flexibility index (Phi) is 3.72. The van der Waals surface area contributed by atoms with Crippen LogP contribution in [0.3, 0.4) is 0 Å². The van der Waals surface area contributed by atoms with E-state index in [0.717, 1.165) is 10.6 Å². The zero-order chi connectivity index (χ0) is 9.84. The Morgan fingerprint density at radius 2 is 1.85 bits per heavy atom. The predicted octanol–water partition coefficient (Wildman–Crippen LogP) is 2.37. The summed E-state index contributed by atoms with van der Waals surface area (Å²) < 4.78 is 5.27. The van der Waals surface area contributed by atoms with Gasteiger partial charge in [0.05, 0.1) is 6.10 Å². The van der Waals surface area contributed by atoms with Crippen molar-refractivity contribution in [3.8, 4) is 0 Å². The van der Waals surface area contributed by atoms with E-state index in [-0.39, 0.29) is 12.1 Å². The van der Waals surface area contributed by atoms with Gasteiger partial charge in [0.2, 0.25) is 0 Å². The SMILES string of the molecule is CO[C@H](c1ccc(Cl)cc1)[C@@H](C)N. The molecule has 0 saturated carbocycles. The molecule has 2 N–H and O–H groups in total. The molecule has 3 heteroatoms. The topological polar surface area (TPSA) is 35.2 Å². The van der Waals surface area contributed by atoms with Crippen molar-refractivity contribution in [2.45, 2.75) is 19.1 Å². The van der Waals surface area contributed by atoms with Crippen LogP contribution in [0.5, 0.6) is 0 Å². The van der Waals surface area contributed by atoms with Crippen LogP contribution in [0.4, 0.5) is 0 Å². The van der Waals surface area contributed by atoms with Gasteiger partial charge in [0.1, 0.15) is 0 Å². The average molecular weight is 200 g/mol. The average Bonchev–Trinajstić information content (AvgIpc) is 2.09. The van der Waals surface area contributed by atoms with Crippen LogP contribution in [-0.2, 0) is 4.74 Å². The van der Waals surface area contributed by atoms with Crippen molar-refractivity contribution in [2.75, 3.05) is 7.11 Å². The number of rotatable bonds is 3. The van der Waals surface area contributed by atoms with E-state index in [9.17, 15) is 0 Å². The monoisotopic (exact) mass is 199 g/mol. The highest BCUT2D eigenvalue weighted by Gasteiger charge is 2.14. The van der Waals surface area contributed by atoms with Gasteiger partial charge >= 0.3 is 0 Å². The third-order valence-corrected chi connectivity index (χ3v) is 2.18. The Bertz CT molecular complexity index is 258. The lowest BCUT2D eigenvalue weighted by Crippen LogP contribution is -2.25. The van der Waals surface area contributed by atoms with E-state index in [1.54, 1.807) is 7.11 Å². The molecule has 1 rings (SSSR count). The molecule has 0 bridgehead atoms. The fourth-order valence-electron chi connectivity index (χ4n) is 1.31. The van der Waals surface area contributed by atoms with Gasteiger partial charge in [-0.3, -0.25) is 0 Å². The molecule has 2 nitrogen and oxygen atoms in total. The summed E-state index contributed by atoms with van der Waals surface area (Å²) >= 11 is 5.77. The van der Waals surface area contributed by atoms with E-state index >= 15 is 0 Å². The van der Waals surface area contributed by atoms with Gasteiger partial charge in [-0.25, -0.2) is 0 Å². The molecule has 1 aromatic rings. The van der Waals surface area contributed by atoms with Gasteiger partial charge < -0.3 is 10.5 Å². The van der Waals surface area contributed by atoms with Crippen molar-refractivity contribution in [1.82, 2.24) is 0 Å². The number of benzene rings is 1. The minimum atomic E-state index is -0.0581. The van der Waals surface area contributed by atoms with Crippen LogP contribution in [0.25, 0.3) is 0 Å². The summed E-state index contributed by atoms with van der Waals surface area (Å²) in [7, 11) is 1.66. The van der Waals surface area contributed by atoms with Gasteiger partial charge in [-0.2, -0.15) is 0 Å². The lowest BCUT2D eigenvalue weighted by molar-refractivity contribution is 0.0854. The third kappa shape index (κ3) is 2.69. The maximum atomic E-state index is 5.77. The number of halogens is 1. The molecule has 0 radical (unpaired) electrons. The summed E-state index contributed by atoms with van der Waals surface area (Å²) in [6.45, 7) is 1.92. The van der Waals surface area contributed by atoms with Gasteiger partial charge in [-0.05, 0) is 24.6 Å². The lowest BCUT2D eigenvalue weighted by atomic mass is 10.0. The van der Waals surface area contributed by atoms with Crippen molar-refractivity contribution in [2.24, 2.45) is 5.73 Å². The highest BCUT2D eigenvalue weighted by Crippen LogP contribution is 2.21. The Labute approximate surface area is 83.6 Å². The van der Waals surface area contributed by atoms with E-state index in [0.29, 0.717) is 0 Å². The predicted molar refractivity (Wildman–Crippen MR) is 54.9 cm³/mol. The second kappa shape index (κ2) is 4.61. The molecular formula is C10H14ClNO. The zero-order valence-corrected chi connectivity index (χ0v) is 8.58. The van der Waals surface area contributed by atoms with Crippen LogP contribution in [0, 0.1) is 0 Å². The summed E-state index contributed by atoms with van der Waals surface area (Å²) in [6.07, 6.45) is -0.0581. The fraction of sp³-hybridized carbons (Fsp3) is 0.400. The second-order valence-electron chi connectivity index (χ2n) is 3.07. The summed E-state index contributed by atoms with van der Waals surface area (Å²) in [6, 6.07) is 7.52. The van der Waals surface area contributed by atoms with E-state index < -0.39 is 0 Å². The van der Waals surface area contributed by atoms with Crippen LogP contribution in [0.15, 0.2) is 24.3 Å². The van der Waals surface area contributed by atoms with Crippen LogP contribution < -0.4 is 5.73 Å². The smallest absolute Gasteiger partial charge is 0.0969 e. The molecule has 0 fully saturated rings. The van der Waals surface area contributed by atoms with Crippen LogP contribution >= 0.6 is 11.6 Å². The van der Waals surface area contributed by atoms with Crippen molar-refractivity contribution in [3.05, 3.63) is 34.9 Å². The third-order valence-electron chi connectivity index (χ3n) is 1.93. The minimum absolute atomic E-state index is 0.0221. The number of hydrogen-bond acceptors (Lipinski definition) is 2. The maximum absolute atomic E-state index is 5.77. The van der Waals surface area contributed by atoms with E-state index in [1.807, 2.05) is 31.2 Å². The summed E-state index contributed by atoms with van der Waals surface area (Å²) in [5.41, 5.74) is 6.82. The molecular weight excluding hydrogens is 186 g/mol. The largest absolute Gasteiger partial charge is 0.375 e. The quantitative estimate of drug-likeness (QED) is 0.812. The molecule has 0 saturated heterocycles. The molecule has 0 spiro atoms. The minimum Gasteiger partial charge on any atom is -0.375 e. The molecule has 1 aromatic carbocycles. The first kappa shape index (κ1) is 10.5. The van der Waals surface area contributed by atoms with Crippen molar-refractivity contribution in [1.29, 1.82) is 0 Å². The molecule has 0 aliphatic heterocycles. The highest BCUT2D eigenvalue weighted by molar-refractivity contribution is 6.30. The number of hydrogen-bond donors (Lipinski definition) is 1. The van der Waals surface area contributed by atoms with Crippen molar-refractivity contribution >= 4 is 11.6 Å². The second-order valence-corrected chi connectivity index (χ2v) is 3.50. The molecule has 2 atom stereocenters. The molecule has 0 aliphatic rings. The van der Waals surface area contributed by atoms with Gasteiger partial charge in [-0.1, -0.05) is 23.7 Å². The summed E-state index contributed by atoms with van der Waals surface area (Å²) in [5.74, 6) is 0. The standard InChI is InChI=1S/C10H14ClNO/c1-7(12)10(13-2)8-3-5-9(11)6-4-8/h3-7,10H,12H2,1-2H3/t7-,10+/m1/s1. The van der Waals surface area contributed by atoms with E-state index in [2.05, 4.69) is 0 Å². The van der Waals surface area contributed by atoms with Gasteiger partial charge in [0.25, 0.3) is 0 Å².